The normalized spacial score (nSPS) is 28.9. The second-order valence-corrected chi connectivity index (χ2v) is 77.8. The highest BCUT2D eigenvalue weighted by Crippen LogP contribution is 2.71. The third-order valence-corrected chi connectivity index (χ3v) is 61.0. The molecule has 4 nitrogen and oxygen atoms in total. The number of nitrogens with zero attached hydrogens (tertiary/aromatic N) is 4. The Labute approximate surface area is 917 Å². The van der Waals surface area contributed by atoms with Crippen LogP contribution in [0.25, 0.3) is 22.3 Å². The smallest absolute Gasteiger partial charge is 0.127 e. The van der Waals surface area contributed by atoms with Crippen LogP contribution in [0.4, 0.5) is 0 Å². The Balaban J connectivity index is 0.000000125. The van der Waals surface area contributed by atoms with E-state index in [2.05, 4.69) is 532 Å². The van der Waals surface area contributed by atoms with Crippen LogP contribution in [0.1, 0.15) is 361 Å². The zero-order valence-electron chi connectivity index (χ0n) is 100. The topological polar surface area (TPSA) is 13.0 Å². The van der Waals surface area contributed by atoms with Crippen LogP contribution in [-0.2, 0) is 21.7 Å². The molecular formula is C142H196N4Si4. The van der Waals surface area contributed by atoms with Gasteiger partial charge in [-0.15, -0.1) is 0 Å². The van der Waals surface area contributed by atoms with E-state index in [4.69, 9.17) is 0 Å². The van der Waals surface area contributed by atoms with E-state index in [-0.39, 0.29) is 54.9 Å². The molecule has 8 aromatic carbocycles. The largest absolute Gasteiger partial charge is 0.316 e. The molecule has 800 valence electrons. The highest BCUT2D eigenvalue weighted by Gasteiger charge is 2.65. The molecule has 18 atom stereocenters. The van der Waals surface area contributed by atoms with Crippen molar-refractivity contribution in [2.24, 2.45) is 59.2 Å². The maximum atomic E-state index is 3.13. The van der Waals surface area contributed by atoms with Crippen molar-refractivity contribution in [1.29, 1.82) is 0 Å². The van der Waals surface area contributed by atoms with Gasteiger partial charge in [-0.05, 0) is 380 Å². The van der Waals surface area contributed by atoms with Gasteiger partial charge in [0.25, 0.3) is 0 Å². The molecule has 0 heterocycles. The third-order valence-electron chi connectivity index (χ3n) is 41.5. The van der Waals surface area contributed by atoms with E-state index < -0.39 is 32.9 Å². The van der Waals surface area contributed by atoms with Gasteiger partial charge in [-0.1, -0.05) is 427 Å². The van der Waals surface area contributed by atoms with E-state index in [9.17, 15) is 0 Å². The number of allylic oxidation sites excluding steroid dienone is 16. The van der Waals surface area contributed by atoms with Crippen LogP contribution < -0.4 is 0 Å². The van der Waals surface area contributed by atoms with Crippen molar-refractivity contribution in [3.63, 3.8) is 0 Å². The lowest BCUT2D eigenvalue weighted by atomic mass is 9.73. The van der Waals surface area contributed by atoms with Crippen molar-refractivity contribution >= 4 is 55.2 Å². The van der Waals surface area contributed by atoms with Gasteiger partial charge >= 0.3 is 0 Å². The van der Waals surface area contributed by atoms with Crippen LogP contribution in [0.15, 0.2) is 289 Å². The molecule has 0 aliphatic heterocycles. The standard InChI is InChI=1S/C37H51NSi.C36H49NSi.C35H49NSi.C34H47NSi/c1-25-34(26-17-11-9-12-18-26)30-24-33-29(28-21-15-16-22-32(28)37(33,5)6)23-31(30)35(25)39(7,8)38(36(2,3)4)27-19-13-10-14-20-27;1-35(2,3)37(26-18-12-9-13-19-26)38(6,7)34-24-28(25-16-10-8-11-17-25)29-23-33-30(22-31(29)34)27-20-14-15-21-32(27)36(33,4)5;1-23-31(24-17-13-12-14-18-24)27-22-30-26(25-19-15-16-20-29(25)35(30,8)9)21-28(27)32(23)37(10,11)36(33(2,3)4)34(5,6)7;1-32(2,3)35(33(4,5)6)36(9,10)31-22-25(23-16-12-11-13-17-23)26-21-30-27(20-28(26)31)24-18-14-15-19-29(24)34(30,7)8/h9,11-12,15-18,21-25,27,30-31,34-35H,10,13-14,19-20H2,1-8H3;8,10-11,14-17,20-23,26,28-29,31,34H,9,12-13,18-19,24H2,1-7H3;12-23,27-28,31-32H,1-11H3;11-21,25-26,28,31H,22H2,1-10H3. The number of benzene rings is 8. The first-order valence-electron chi connectivity index (χ1n) is 59.7. The molecular weight excluding hydrogens is 1870 g/mol. The van der Waals surface area contributed by atoms with Crippen molar-refractivity contribution < 1.29 is 0 Å². The maximum Gasteiger partial charge on any atom is 0.127 e. The van der Waals surface area contributed by atoms with Crippen LogP contribution in [0.3, 0.4) is 0 Å². The predicted molar refractivity (Wildman–Crippen MR) is 659 cm³/mol. The van der Waals surface area contributed by atoms with Gasteiger partial charge in [0.15, 0.2) is 0 Å². The lowest BCUT2D eigenvalue weighted by Gasteiger charge is -2.57. The highest BCUT2D eigenvalue weighted by molar-refractivity contribution is 6.78. The van der Waals surface area contributed by atoms with Crippen molar-refractivity contribution in [1.82, 2.24) is 18.3 Å². The molecule has 0 amide bonds. The minimum Gasteiger partial charge on any atom is -0.316 e. The Bertz CT molecular complexity index is 6490. The van der Waals surface area contributed by atoms with Crippen molar-refractivity contribution in [2.45, 2.75) is 436 Å². The Morgan fingerprint density at radius 2 is 0.480 bits per heavy atom. The summed E-state index contributed by atoms with van der Waals surface area (Å²) in [5.41, 5.74) is 34.6. The minimum atomic E-state index is -1.93. The summed E-state index contributed by atoms with van der Waals surface area (Å²) in [6.45, 7) is 90.7. The second-order valence-electron chi connectivity index (χ2n) is 59.9. The summed E-state index contributed by atoms with van der Waals surface area (Å²) in [7, 11) is -7.49. The summed E-state index contributed by atoms with van der Waals surface area (Å²) in [5, 5.41) is 0. The fraction of sp³-hybridized carbons (Fsp3) is 0.549. The average molecular weight is 2070 g/mol. The molecule has 14 aliphatic carbocycles. The van der Waals surface area contributed by atoms with Crippen LogP contribution in [-0.4, -0.2) is 96.5 Å². The summed E-state index contributed by atoms with van der Waals surface area (Å²) < 4.78 is 12.2. The molecule has 8 aromatic rings. The second kappa shape index (κ2) is 39.9. The van der Waals surface area contributed by atoms with Crippen molar-refractivity contribution in [2.75, 3.05) is 0 Å². The van der Waals surface area contributed by atoms with Gasteiger partial charge in [0, 0.05) is 67.0 Å². The molecule has 22 rings (SSSR count). The first-order chi connectivity index (χ1) is 70.2. The fourth-order valence-electron chi connectivity index (χ4n) is 38.7. The molecule has 8 heteroatoms. The zero-order chi connectivity index (χ0) is 108. The number of hydrogen-bond donors (Lipinski definition) is 0. The van der Waals surface area contributed by atoms with Crippen LogP contribution in [0.5, 0.6) is 0 Å². The van der Waals surface area contributed by atoms with Gasteiger partial charge in [0.05, 0.1) is 0 Å². The average Bonchev–Trinajstić information content (AvgIpc) is 1.56. The number of fused-ring (bicyclic) bond motifs is 16. The summed E-state index contributed by atoms with van der Waals surface area (Å²) >= 11 is 0. The van der Waals surface area contributed by atoms with Crippen molar-refractivity contribution in [3.8, 4) is 0 Å². The van der Waals surface area contributed by atoms with E-state index in [1.807, 2.05) is 0 Å². The van der Waals surface area contributed by atoms with Gasteiger partial charge < -0.3 is 18.3 Å². The monoisotopic (exact) mass is 2070 g/mol. The summed E-state index contributed by atoms with van der Waals surface area (Å²) in [5.74, 6) is 8.24. The van der Waals surface area contributed by atoms with E-state index >= 15 is 0 Å². The van der Waals surface area contributed by atoms with E-state index in [0.29, 0.717) is 93.9 Å². The molecule has 0 aromatic heterocycles. The molecule has 0 saturated heterocycles. The summed E-state index contributed by atoms with van der Waals surface area (Å²) in [6.07, 6.45) is 38.8. The van der Waals surface area contributed by atoms with Crippen LogP contribution in [0.2, 0.25) is 74.5 Å². The molecule has 150 heavy (non-hydrogen) atoms. The molecule has 6 saturated carbocycles. The molecule has 14 aliphatic rings. The van der Waals surface area contributed by atoms with Gasteiger partial charge in [-0.2, -0.15) is 0 Å². The molecule has 18 unspecified atom stereocenters. The van der Waals surface area contributed by atoms with Crippen LogP contribution >= 0.6 is 0 Å². The molecule has 0 bridgehead atoms. The zero-order valence-corrected chi connectivity index (χ0v) is 104. The van der Waals surface area contributed by atoms with Gasteiger partial charge in [-0.25, -0.2) is 0 Å². The molecule has 0 radical (unpaired) electrons. The quantitative estimate of drug-likeness (QED) is 0.101. The predicted octanol–water partition coefficient (Wildman–Crippen LogP) is 38.3. The Kier molecular flexibility index (Phi) is 29.4. The lowest BCUT2D eigenvalue weighted by molar-refractivity contribution is 0.120. The van der Waals surface area contributed by atoms with E-state index in [1.165, 1.54) is 144 Å². The van der Waals surface area contributed by atoms with Crippen LogP contribution in [0, 0.1) is 59.2 Å². The van der Waals surface area contributed by atoms with Gasteiger partial charge in [0.1, 0.15) is 32.9 Å². The van der Waals surface area contributed by atoms with E-state index in [1.54, 1.807) is 44.6 Å². The van der Waals surface area contributed by atoms with Gasteiger partial charge in [0.2, 0.25) is 0 Å². The fourth-order valence-corrected chi connectivity index (χ4v) is 62.4. The molecule has 0 spiro atoms. The third kappa shape index (κ3) is 19.3. The number of rotatable bonds is 14. The first kappa shape index (κ1) is 111. The summed E-state index contributed by atoms with van der Waals surface area (Å²) in [4.78, 5) is 0. The minimum absolute atomic E-state index is 0.0613. The Morgan fingerprint density at radius 1 is 0.240 bits per heavy atom. The first-order valence-corrected chi connectivity index (χ1v) is 71.8. The Morgan fingerprint density at radius 3 is 0.767 bits per heavy atom. The van der Waals surface area contributed by atoms with E-state index in [0.717, 1.165) is 23.2 Å². The Hall–Kier alpha value is -7.61. The highest BCUT2D eigenvalue weighted by atomic mass is 28.3. The molecule has 0 N–H and O–H groups in total. The molecule has 6 fully saturated rings. The van der Waals surface area contributed by atoms with Crippen molar-refractivity contribution in [3.05, 3.63) is 356 Å². The lowest BCUT2D eigenvalue weighted by Crippen LogP contribution is -2.67. The van der Waals surface area contributed by atoms with Gasteiger partial charge in [-0.3, -0.25) is 0 Å². The SMILES string of the molecule is CC1(C)C2=CC3C(c4ccccc4)CC([Si](C)(C)N(C(C)(C)C)C(C)(C)C)C3C=C2c2ccccc21.CC1(C)C2=CC3C(c4ccccc4)CC([Si](C)(C)N(C4CCCCC4)C(C)(C)C)C3C=C2c2ccccc21.CC1C(c2ccccc2)C2C=C3C(=CC2C1[Si](C)(C)N(C(C)(C)C)C(C)(C)C)c1ccccc1C3(C)C.CC1C(c2ccccc2)C2C=C3C(=CC2C1[Si](C)(C)N(C1CCCCC1)C(C)(C)C)c1ccccc1C3(C)C. The number of hydrogen-bond acceptors (Lipinski definition) is 4. The summed E-state index contributed by atoms with van der Waals surface area (Å²) in [6, 6.07) is 84.3. The maximum absolute atomic E-state index is 3.13.